The molecule has 0 fully saturated rings. The summed E-state index contributed by atoms with van der Waals surface area (Å²) in [5.74, 6) is -1.25. The van der Waals surface area contributed by atoms with Crippen molar-refractivity contribution in [3.05, 3.63) is 60.2 Å². The third kappa shape index (κ3) is 8.36. The quantitative estimate of drug-likeness (QED) is 0.0568. The van der Waals surface area contributed by atoms with Crippen LogP contribution in [-0.4, -0.2) is 73.1 Å². The fraction of sp³-hybridized carbons (Fsp3) is 0.207. The minimum Gasteiger partial charge on any atom is -0.505 e. The number of aryl methyl sites for hydroxylation is 1. The second kappa shape index (κ2) is 14.8. The van der Waals surface area contributed by atoms with E-state index in [4.69, 9.17) is 25.1 Å². The van der Waals surface area contributed by atoms with Crippen molar-refractivity contribution in [2.45, 2.75) is 11.8 Å². The lowest BCUT2D eigenvalue weighted by atomic mass is 10.0. The molecule has 4 rings (SSSR count). The number of nitrogen functional groups attached to an aromatic ring is 1. The first-order valence-corrected chi connectivity index (χ1v) is 14.9. The number of carbonyl (C=O) groups is 1. The number of phenols is 1. The van der Waals surface area contributed by atoms with Gasteiger partial charge in [0.05, 0.1) is 23.8 Å². The second-order valence-corrected chi connectivity index (χ2v) is 11.0. The molecule has 4 aromatic carbocycles. The number of anilines is 1. The maximum Gasteiger partial charge on any atom is 0.341 e. The van der Waals surface area contributed by atoms with Gasteiger partial charge in [-0.05, 0) is 60.3 Å². The van der Waals surface area contributed by atoms with Gasteiger partial charge in [0.15, 0.2) is 12.4 Å². The van der Waals surface area contributed by atoms with Crippen LogP contribution in [0.3, 0.4) is 0 Å². The van der Waals surface area contributed by atoms with E-state index in [1.165, 1.54) is 48.5 Å². The van der Waals surface area contributed by atoms with Crippen molar-refractivity contribution in [2.75, 3.05) is 38.8 Å². The standard InChI is InChI=1S/C29H31N5O11S/c1-16-10-17-11-26(46(40,41)42)28(29(39)20(17)12-21(16)30)34-33-23-14-24(43-8-6-35)22(13-25(23)44-9-7-36)32-31-18-2-4-19(5-3-18)45-15-27(37)38/h2-5,10-14,35-36,39-42H,6-9,15,30H2,1H3,(H,37,38). The Morgan fingerprint density at radius 2 is 1.41 bits per heavy atom. The minimum atomic E-state index is -4.39. The molecular weight excluding hydrogens is 626 g/mol. The smallest absolute Gasteiger partial charge is 0.341 e. The van der Waals surface area contributed by atoms with Crippen LogP contribution in [0.25, 0.3) is 10.8 Å². The van der Waals surface area contributed by atoms with Gasteiger partial charge in [-0.15, -0.1) is 15.3 Å². The van der Waals surface area contributed by atoms with Crippen LogP contribution in [-0.2, 0) is 4.79 Å². The number of fused-ring (bicyclic) bond motifs is 1. The highest BCUT2D eigenvalue weighted by atomic mass is 32.3. The van der Waals surface area contributed by atoms with Gasteiger partial charge >= 0.3 is 5.97 Å². The highest BCUT2D eigenvalue weighted by molar-refractivity contribution is 8.19. The van der Waals surface area contributed by atoms with Crippen LogP contribution in [0.1, 0.15) is 5.56 Å². The van der Waals surface area contributed by atoms with Crippen molar-refractivity contribution in [2.24, 2.45) is 20.5 Å². The normalized spacial score (nSPS) is 12.2. The molecular formula is C29H31N5O11S. The van der Waals surface area contributed by atoms with Crippen molar-refractivity contribution in [3.8, 4) is 23.0 Å². The predicted octanol–water partition coefficient (Wildman–Crippen LogP) is 6.05. The van der Waals surface area contributed by atoms with Crippen LogP contribution in [0.2, 0.25) is 0 Å². The van der Waals surface area contributed by atoms with Crippen LogP contribution in [0, 0.1) is 6.92 Å². The molecule has 0 spiro atoms. The van der Waals surface area contributed by atoms with Crippen LogP contribution in [0.5, 0.6) is 23.0 Å². The number of aliphatic hydroxyl groups is 2. The van der Waals surface area contributed by atoms with Gasteiger partial charge in [-0.25, -0.2) is 4.79 Å². The highest BCUT2D eigenvalue weighted by Gasteiger charge is 2.26. The number of carboxylic acids is 1. The van der Waals surface area contributed by atoms with Crippen LogP contribution >= 0.6 is 10.9 Å². The Morgan fingerprint density at radius 1 is 0.826 bits per heavy atom. The topological polar surface area (TPSA) is 262 Å². The zero-order valence-corrected chi connectivity index (χ0v) is 25.1. The second-order valence-electron chi connectivity index (χ2n) is 9.53. The van der Waals surface area contributed by atoms with Crippen molar-refractivity contribution < 1.29 is 53.1 Å². The number of aliphatic hydroxyl groups excluding tert-OH is 2. The molecule has 16 nitrogen and oxygen atoms in total. The first kappa shape index (κ1) is 33.8. The van der Waals surface area contributed by atoms with E-state index in [0.29, 0.717) is 28.1 Å². The van der Waals surface area contributed by atoms with E-state index in [1.54, 1.807) is 13.0 Å². The Bertz CT molecular complexity index is 1780. The average molecular weight is 658 g/mol. The number of rotatable bonds is 14. The van der Waals surface area contributed by atoms with Crippen molar-refractivity contribution in [1.82, 2.24) is 0 Å². The van der Waals surface area contributed by atoms with Crippen LogP contribution in [0.4, 0.5) is 28.4 Å². The Labute approximate surface area is 263 Å². The molecule has 4 aromatic rings. The fourth-order valence-corrected chi connectivity index (χ4v) is 4.72. The fourth-order valence-electron chi connectivity index (χ4n) is 4.04. The summed E-state index contributed by atoms with van der Waals surface area (Å²) >= 11 is 0. The van der Waals surface area contributed by atoms with E-state index in [1.807, 2.05) is 0 Å². The Hall–Kier alpha value is -5.04. The molecule has 0 radical (unpaired) electrons. The molecule has 0 atom stereocenters. The third-order valence-corrected chi connectivity index (χ3v) is 7.10. The first-order chi connectivity index (χ1) is 21.9. The number of carboxylic acid groups (broad SMARTS) is 1. The number of azo groups is 2. The molecule has 0 bridgehead atoms. The van der Waals surface area contributed by atoms with Crippen LogP contribution in [0.15, 0.2) is 79.9 Å². The summed E-state index contributed by atoms with van der Waals surface area (Å²) in [5, 5.41) is 55.6. The van der Waals surface area contributed by atoms with E-state index in [0.717, 1.165) is 0 Å². The van der Waals surface area contributed by atoms with Gasteiger partial charge in [0.2, 0.25) is 0 Å². The molecule has 9 N–H and O–H groups in total. The van der Waals surface area contributed by atoms with Gasteiger partial charge in [0.25, 0.3) is 0 Å². The zero-order valence-electron chi connectivity index (χ0n) is 24.3. The Balaban J connectivity index is 1.78. The van der Waals surface area contributed by atoms with Gasteiger partial charge in [0.1, 0.15) is 58.4 Å². The largest absolute Gasteiger partial charge is 0.505 e. The number of hydrogen-bond donors (Lipinski definition) is 8. The SMILES string of the molecule is Cc1cc2cc(S(O)(O)O)c(N=Nc3cc(OCCO)c(N=Nc4ccc(OCC(=O)O)cc4)cc3OCCO)c(O)c2cc1N. The summed E-state index contributed by atoms with van der Waals surface area (Å²) in [6.07, 6.45) is 0. The van der Waals surface area contributed by atoms with Gasteiger partial charge in [0, 0.05) is 23.2 Å². The van der Waals surface area contributed by atoms with Gasteiger partial charge in [-0.1, -0.05) is 0 Å². The first-order valence-electron chi connectivity index (χ1n) is 13.4. The molecule has 17 heteroatoms. The molecule has 0 saturated heterocycles. The predicted molar refractivity (Wildman–Crippen MR) is 168 cm³/mol. The summed E-state index contributed by atoms with van der Waals surface area (Å²) in [6, 6.07) is 13.1. The van der Waals surface area contributed by atoms with Gasteiger partial charge < -0.3 is 54.0 Å². The Kier molecular flexibility index (Phi) is 10.9. The van der Waals surface area contributed by atoms with Gasteiger partial charge in [-0.3, -0.25) is 0 Å². The van der Waals surface area contributed by atoms with E-state index in [-0.39, 0.29) is 54.7 Å². The van der Waals surface area contributed by atoms with E-state index >= 15 is 0 Å². The number of hydrogen-bond acceptors (Lipinski definition) is 15. The number of benzene rings is 4. The van der Waals surface area contributed by atoms with E-state index < -0.39 is 39.8 Å². The molecule has 244 valence electrons. The molecule has 0 aliphatic carbocycles. The molecule has 0 saturated carbocycles. The number of nitrogens with zero attached hydrogens (tertiary/aromatic N) is 4. The summed E-state index contributed by atoms with van der Waals surface area (Å²) < 4.78 is 46.8. The lowest BCUT2D eigenvalue weighted by Crippen LogP contribution is -2.09. The summed E-state index contributed by atoms with van der Waals surface area (Å²) in [5.41, 5.74) is 7.02. The lowest BCUT2D eigenvalue weighted by Gasteiger charge is -2.22. The maximum atomic E-state index is 11.1. The van der Waals surface area contributed by atoms with E-state index in [2.05, 4.69) is 20.5 Å². The molecule has 0 aromatic heterocycles. The van der Waals surface area contributed by atoms with Gasteiger partial charge in [-0.2, -0.15) is 5.11 Å². The Morgan fingerprint density at radius 3 is 1.96 bits per heavy atom. The minimum absolute atomic E-state index is 0.0245. The van der Waals surface area contributed by atoms with Crippen molar-refractivity contribution in [3.63, 3.8) is 0 Å². The van der Waals surface area contributed by atoms with Crippen molar-refractivity contribution >= 4 is 56.0 Å². The highest BCUT2D eigenvalue weighted by Crippen LogP contribution is 2.55. The molecule has 0 heterocycles. The lowest BCUT2D eigenvalue weighted by molar-refractivity contribution is -0.139. The maximum absolute atomic E-state index is 11.1. The molecule has 46 heavy (non-hydrogen) atoms. The summed E-state index contributed by atoms with van der Waals surface area (Å²) in [7, 11) is -4.39. The number of phenolic OH excluding ortho intramolecular Hbond substituents is 1. The van der Waals surface area contributed by atoms with Crippen molar-refractivity contribution in [1.29, 1.82) is 0 Å². The van der Waals surface area contributed by atoms with Crippen LogP contribution < -0.4 is 19.9 Å². The molecule has 0 amide bonds. The molecule has 0 aliphatic heterocycles. The molecule has 0 unspecified atom stereocenters. The summed E-state index contributed by atoms with van der Waals surface area (Å²) in [6.45, 7) is 0.182. The zero-order chi connectivity index (χ0) is 33.4. The van der Waals surface area contributed by atoms with E-state index in [9.17, 15) is 33.8 Å². The number of aromatic hydroxyl groups is 1. The average Bonchev–Trinajstić information content (AvgIpc) is 3.01. The monoisotopic (exact) mass is 657 g/mol. The third-order valence-electron chi connectivity index (χ3n) is 6.20. The molecule has 0 aliphatic rings. The number of aliphatic carboxylic acids is 1. The number of nitrogens with two attached hydrogens (primary N) is 1. The number of ether oxygens (including phenoxy) is 3. The summed E-state index contributed by atoms with van der Waals surface area (Å²) in [4.78, 5) is 10.2.